The Hall–Kier alpha value is -4.41. The number of rotatable bonds is 12. The third-order valence-electron chi connectivity index (χ3n) is 4.14. The Morgan fingerprint density at radius 3 is 2.41 bits per heavy atom. The number of hydrogen-bond donors (Lipinski definition) is 0. The lowest BCUT2D eigenvalue weighted by atomic mass is 10.1. The minimum Gasteiger partial charge on any atom is -0.493 e. The van der Waals surface area contributed by atoms with Gasteiger partial charge in [-0.05, 0) is 48.7 Å². The molecule has 0 atom stereocenters. The number of ether oxygens (including phenoxy) is 4. The number of unbranched alkanes of at least 4 members (excludes halogenated alkanes) is 1. The molecule has 2 aromatic carbocycles. The second-order valence-corrected chi connectivity index (χ2v) is 6.65. The first kappa shape index (κ1) is 25.8. The summed E-state index contributed by atoms with van der Waals surface area (Å²) in [6.45, 7) is 1.26. The Balaban J connectivity index is 1.97. The van der Waals surface area contributed by atoms with Gasteiger partial charge in [-0.3, -0.25) is 4.79 Å². The van der Waals surface area contributed by atoms with Crippen LogP contribution in [-0.4, -0.2) is 43.3 Å². The third kappa shape index (κ3) is 8.61. The molecule has 0 aliphatic heterocycles. The van der Waals surface area contributed by atoms with Crippen molar-refractivity contribution in [3.8, 4) is 17.2 Å². The van der Waals surface area contributed by atoms with Gasteiger partial charge in [0.15, 0.2) is 11.5 Å². The lowest BCUT2D eigenvalue weighted by molar-refractivity contribution is -0.757. The van der Waals surface area contributed by atoms with Gasteiger partial charge in [-0.2, -0.15) is 0 Å². The summed E-state index contributed by atoms with van der Waals surface area (Å²) in [6.07, 6.45) is 3.49. The van der Waals surface area contributed by atoms with Gasteiger partial charge < -0.3 is 23.8 Å². The molecule has 0 N–H and O–H groups in total. The lowest BCUT2D eigenvalue weighted by Gasteiger charge is -2.12. The molecule has 0 saturated carbocycles. The molecular formula is C23H23NO10. The summed E-state index contributed by atoms with van der Waals surface area (Å²) in [4.78, 5) is 49.9. The summed E-state index contributed by atoms with van der Waals surface area (Å²) in [6, 6.07) is 10.8. The minimum absolute atomic E-state index is 0.0631. The van der Waals surface area contributed by atoms with Crippen molar-refractivity contribution >= 4 is 24.0 Å². The molecule has 2 aromatic rings. The van der Waals surface area contributed by atoms with Crippen molar-refractivity contribution in [2.75, 3.05) is 20.3 Å². The predicted octanol–water partition coefficient (Wildman–Crippen LogP) is 3.38. The van der Waals surface area contributed by atoms with Crippen LogP contribution in [-0.2, 0) is 19.2 Å². The fourth-order valence-corrected chi connectivity index (χ4v) is 2.63. The van der Waals surface area contributed by atoms with Crippen LogP contribution in [0.2, 0.25) is 0 Å². The van der Waals surface area contributed by atoms with Gasteiger partial charge in [-0.1, -0.05) is 18.2 Å². The predicted molar refractivity (Wildman–Crippen MR) is 118 cm³/mol. The van der Waals surface area contributed by atoms with Crippen LogP contribution in [0.3, 0.4) is 0 Å². The maximum absolute atomic E-state index is 12.6. The molecule has 0 saturated heterocycles. The maximum Gasteiger partial charge on any atom is 0.347 e. The monoisotopic (exact) mass is 473 g/mol. The van der Waals surface area contributed by atoms with Gasteiger partial charge in [-0.25, -0.2) is 9.59 Å². The van der Waals surface area contributed by atoms with Gasteiger partial charge >= 0.3 is 17.9 Å². The first-order chi connectivity index (χ1) is 16.3. The van der Waals surface area contributed by atoms with Crippen LogP contribution in [0.15, 0.2) is 48.5 Å². The largest absolute Gasteiger partial charge is 0.493 e. The van der Waals surface area contributed by atoms with Crippen molar-refractivity contribution in [1.82, 2.24) is 0 Å². The number of carbonyl (C=O) groups excluding carboxylic acids is 3. The molecule has 0 heterocycles. The first-order valence-electron chi connectivity index (χ1n) is 10.1. The molecule has 11 heteroatoms. The summed E-state index contributed by atoms with van der Waals surface area (Å²) in [5.74, 6) is -1.47. The highest BCUT2D eigenvalue weighted by atomic mass is 16.9. The standard InChI is InChI=1S/C23H23NO10/c1-16(25)33-19-8-4-3-7-18(19)23(27)34-20-11-9-17(15-21(20)30-2)10-12-22(26)31-13-5-6-14-32-24(28)29/h3-4,7-12,15H,5-6,13-14H2,1-2H3/b12-10+. The summed E-state index contributed by atoms with van der Waals surface area (Å²) in [5.41, 5.74) is 0.643. The van der Waals surface area contributed by atoms with Gasteiger partial charge in [0.1, 0.15) is 11.3 Å². The second kappa shape index (κ2) is 13.2. The van der Waals surface area contributed by atoms with Crippen LogP contribution in [0.5, 0.6) is 17.2 Å². The average molecular weight is 473 g/mol. The van der Waals surface area contributed by atoms with Gasteiger partial charge in [0, 0.05) is 13.0 Å². The number of hydrogen-bond acceptors (Lipinski definition) is 10. The minimum atomic E-state index is -0.878. The smallest absolute Gasteiger partial charge is 0.347 e. The summed E-state index contributed by atoms with van der Waals surface area (Å²) in [5, 5.41) is 9.15. The van der Waals surface area contributed by atoms with Gasteiger partial charge in [0.25, 0.3) is 5.09 Å². The summed E-state index contributed by atoms with van der Waals surface area (Å²) in [7, 11) is 1.39. The van der Waals surface area contributed by atoms with E-state index in [1.54, 1.807) is 24.3 Å². The number of carbonyl (C=O) groups is 3. The Morgan fingerprint density at radius 2 is 1.71 bits per heavy atom. The molecule has 0 aromatic heterocycles. The number of methoxy groups -OCH3 is 1. The number of benzene rings is 2. The van der Waals surface area contributed by atoms with Crippen LogP contribution < -0.4 is 14.2 Å². The molecule has 0 aliphatic carbocycles. The molecule has 34 heavy (non-hydrogen) atoms. The van der Waals surface area contributed by atoms with E-state index in [-0.39, 0.29) is 36.0 Å². The van der Waals surface area contributed by atoms with Crippen molar-refractivity contribution in [1.29, 1.82) is 0 Å². The molecule has 0 aliphatic rings. The van der Waals surface area contributed by atoms with E-state index in [1.807, 2.05) is 0 Å². The SMILES string of the molecule is COc1cc(/C=C/C(=O)OCCCCO[N+](=O)[O-])ccc1OC(=O)c1ccccc1OC(C)=O. The van der Waals surface area contributed by atoms with Crippen molar-refractivity contribution in [3.63, 3.8) is 0 Å². The molecule has 0 fully saturated rings. The Morgan fingerprint density at radius 1 is 0.971 bits per heavy atom. The molecule has 2 rings (SSSR count). The van der Waals surface area contributed by atoms with Crippen molar-refractivity contribution < 1.29 is 43.3 Å². The molecule has 0 bridgehead atoms. The molecule has 11 nitrogen and oxygen atoms in total. The molecule has 180 valence electrons. The van der Waals surface area contributed by atoms with Gasteiger partial charge in [-0.15, -0.1) is 10.1 Å². The van der Waals surface area contributed by atoms with E-state index in [1.165, 1.54) is 44.4 Å². The normalized spacial score (nSPS) is 10.4. The number of esters is 3. The zero-order valence-corrected chi connectivity index (χ0v) is 18.6. The summed E-state index contributed by atoms with van der Waals surface area (Å²) >= 11 is 0. The zero-order valence-electron chi connectivity index (χ0n) is 18.6. The van der Waals surface area contributed by atoms with E-state index in [4.69, 9.17) is 18.9 Å². The van der Waals surface area contributed by atoms with Crippen molar-refractivity contribution in [3.05, 3.63) is 69.8 Å². The highest BCUT2D eigenvalue weighted by Crippen LogP contribution is 2.30. The van der Waals surface area contributed by atoms with Crippen molar-refractivity contribution in [2.24, 2.45) is 0 Å². The van der Waals surface area contributed by atoms with E-state index in [0.717, 1.165) is 0 Å². The molecule has 0 spiro atoms. The number of nitrogens with zero attached hydrogens (tertiary/aromatic N) is 1. The topological polar surface area (TPSA) is 141 Å². The van der Waals surface area contributed by atoms with Gasteiger partial charge in [0.2, 0.25) is 0 Å². The fraction of sp³-hybridized carbons (Fsp3) is 0.261. The molecule has 0 unspecified atom stereocenters. The van der Waals surface area contributed by atoms with Gasteiger partial charge in [0.05, 0.1) is 20.3 Å². The average Bonchev–Trinajstić information content (AvgIpc) is 2.80. The van der Waals surface area contributed by atoms with Crippen LogP contribution in [0, 0.1) is 10.1 Å². The Bertz CT molecular complexity index is 1060. The second-order valence-electron chi connectivity index (χ2n) is 6.65. The Labute approximate surface area is 194 Å². The number of para-hydroxylation sites is 1. The van der Waals surface area contributed by atoms with E-state index in [0.29, 0.717) is 18.4 Å². The van der Waals surface area contributed by atoms with Crippen LogP contribution in [0.1, 0.15) is 35.7 Å². The van der Waals surface area contributed by atoms with E-state index in [2.05, 4.69) is 4.84 Å². The molecule has 0 amide bonds. The summed E-state index contributed by atoms with van der Waals surface area (Å²) < 4.78 is 20.7. The highest BCUT2D eigenvalue weighted by molar-refractivity contribution is 5.95. The van der Waals surface area contributed by atoms with E-state index in [9.17, 15) is 24.5 Å². The Kier molecular flexibility index (Phi) is 10.0. The highest BCUT2D eigenvalue weighted by Gasteiger charge is 2.18. The van der Waals surface area contributed by atoms with Crippen molar-refractivity contribution in [2.45, 2.75) is 19.8 Å². The maximum atomic E-state index is 12.6. The molecular weight excluding hydrogens is 450 g/mol. The fourth-order valence-electron chi connectivity index (χ4n) is 2.63. The quantitative estimate of drug-likeness (QED) is 0.112. The van der Waals surface area contributed by atoms with E-state index >= 15 is 0 Å². The van der Waals surface area contributed by atoms with Crippen LogP contribution in [0.4, 0.5) is 0 Å². The third-order valence-corrected chi connectivity index (χ3v) is 4.14. The lowest BCUT2D eigenvalue weighted by Crippen LogP contribution is -2.13. The van der Waals surface area contributed by atoms with Crippen LogP contribution in [0.25, 0.3) is 6.08 Å². The first-order valence-corrected chi connectivity index (χ1v) is 10.1. The molecule has 0 radical (unpaired) electrons. The van der Waals surface area contributed by atoms with E-state index < -0.39 is 23.0 Å². The zero-order chi connectivity index (χ0) is 24.9. The van der Waals surface area contributed by atoms with Crippen LogP contribution >= 0.6 is 0 Å².